The number of aromatic nitrogens is 1. The van der Waals surface area contributed by atoms with Crippen LogP contribution in [0, 0.1) is 5.92 Å². The monoisotopic (exact) mass is 301 g/mol. The molecule has 2 heterocycles. The molecule has 0 N–H and O–H groups in total. The molecule has 1 unspecified atom stereocenters. The predicted molar refractivity (Wildman–Crippen MR) is 76.3 cm³/mol. The average molecular weight is 302 g/mol. The third kappa shape index (κ3) is 3.38. The fourth-order valence-electron chi connectivity index (χ4n) is 2.33. The Hall–Kier alpha value is -0.840. The Morgan fingerprint density at radius 2 is 2.26 bits per heavy atom. The van der Waals surface area contributed by atoms with Gasteiger partial charge in [-0.05, 0) is 19.0 Å². The van der Waals surface area contributed by atoms with Gasteiger partial charge in [0.1, 0.15) is 0 Å². The van der Waals surface area contributed by atoms with E-state index in [0.717, 1.165) is 25.2 Å². The number of pyridine rings is 1. The summed E-state index contributed by atoms with van der Waals surface area (Å²) in [5, 5.41) is 1.03. The summed E-state index contributed by atoms with van der Waals surface area (Å²) in [7, 11) is 3.58. The van der Waals surface area contributed by atoms with Gasteiger partial charge in [0, 0.05) is 33.4 Å². The molecule has 0 bridgehead atoms. The van der Waals surface area contributed by atoms with Crippen molar-refractivity contribution >= 4 is 29.1 Å². The third-order valence-electron chi connectivity index (χ3n) is 3.35. The second-order valence-electron chi connectivity index (χ2n) is 5.01. The van der Waals surface area contributed by atoms with Crippen LogP contribution in [0.4, 0.5) is 0 Å². The summed E-state index contributed by atoms with van der Waals surface area (Å²) in [6, 6.07) is 1.68. The topological polar surface area (TPSA) is 36.4 Å². The van der Waals surface area contributed by atoms with Crippen molar-refractivity contribution in [2.75, 3.05) is 27.2 Å². The van der Waals surface area contributed by atoms with Gasteiger partial charge >= 0.3 is 0 Å². The lowest BCUT2D eigenvalue weighted by atomic mass is 10.1. The van der Waals surface area contributed by atoms with E-state index in [1.807, 2.05) is 0 Å². The second-order valence-corrected chi connectivity index (χ2v) is 5.79. The van der Waals surface area contributed by atoms with E-state index in [9.17, 15) is 4.79 Å². The fraction of sp³-hybridized carbons (Fsp3) is 0.538. The highest BCUT2D eigenvalue weighted by molar-refractivity contribution is 6.42. The number of hydrogen-bond acceptors (Lipinski definition) is 3. The summed E-state index contributed by atoms with van der Waals surface area (Å²) < 4.78 is 0. The maximum absolute atomic E-state index is 11.9. The molecule has 1 saturated heterocycles. The molecule has 0 radical (unpaired) electrons. The van der Waals surface area contributed by atoms with Crippen LogP contribution in [-0.4, -0.2) is 47.9 Å². The minimum absolute atomic E-state index is 0.0768. The number of rotatable bonds is 3. The maximum atomic E-state index is 11.9. The van der Waals surface area contributed by atoms with Gasteiger partial charge < -0.3 is 4.90 Å². The Bertz CT molecular complexity index is 479. The SMILES string of the molecule is CN(C)C(=O)C1CCN(Cc2nccc(Cl)c2Cl)C1. The van der Waals surface area contributed by atoms with Crippen LogP contribution >= 0.6 is 23.2 Å². The molecule has 4 nitrogen and oxygen atoms in total. The zero-order chi connectivity index (χ0) is 14.0. The highest BCUT2D eigenvalue weighted by Gasteiger charge is 2.29. The molecule has 1 amide bonds. The van der Waals surface area contributed by atoms with Crippen molar-refractivity contribution in [3.8, 4) is 0 Å². The van der Waals surface area contributed by atoms with Crippen LogP contribution in [0.3, 0.4) is 0 Å². The van der Waals surface area contributed by atoms with E-state index in [2.05, 4.69) is 9.88 Å². The molecule has 1 aromatic heterocycles. The summed E-state index contributed by atoms with van der Waals surface area (Å²) in [5.74, 6) is 0.264. The molecule has 1 aliphatic heterocycles. The van der Waals surface area contributed by atoms with Gasteiger partial charge in [-0.25, -0.2) is 0 Å². The number of carbonyl (C=O) groups is 1. The lowest BCUT2D eigenvalue weighted by Crippen LogP contribution is -2.31. The molecular formula is C13H17Cl2N3O. The van der Waals surface area contributed by atoms with Gasteiger partial charge in [0.25, 0.3) is 0 Å². The van der Waals surface area contributed by atoms with Gasteiger partial charge in [0.05, 0.1) is 21.7 Å². The minimum Gasteiger partial charge on any atom is -0.349 e. The first-order valence-corrected chi connectivity index (χ1v) is 6.97. The number of amides is 1. The van der Waals surface area contributed by atoms with E-state index >= 15 is 0 Å². The molecule has 2 rings (SSSR count). The molecule has 0 aromatic carbocycles. The Morgan fingerprint density at radius 3 is 2.95 bits per heavy atom. The zero-order valence-corrected chi connectivity index (χ0v) is 12.6. The second kappa shape index (κ2) is 6.07. The van der Waals surface area contributed by atoms with Crippen molar-refractivity contribution in [2.45, 2.75) is 13.0 Å². The van der Waals surface area contributed by atoms with E-state index in [1.54, 1.807) is 31.3 Å². The van der Waals surface area contributed by atoms with Crippen LogP contribution < -0.4 is 0 Å². The van der Waals surface area contributed by atoms with Crippen LogP contribution in [-0.2, 0) is 11.3 Å². The molecular weight excluding hydrogens is 285 g/mol. The number of halogens is 2. The van der Waals surface area contributed by atoms with E-state index in [-0.39, 0.29) is 11.8 Å². The molecule has 1 aromatic rings. The predicted octanol–water partition coefficient (Wildman–Crippen LogP) is 2.30. The van der Waals surface area contributed by atoms with Gasteiger partial charge in [-0.2, -0.15) is 0 Å². The van der Waals surface area contributed by atoms with Gasteiger partial charge in [-0.3, -0.25) is 14.7 Å². The van der Waals surface area contributed by atoms with Crippen LogP contribution in [0.15, 0.2) is 12.3 Å². The zero-order valence-electron chi connectivity index (χ0n) is 11.1. The Balaban J connectivity index is 1.99. The van der Waals surface area contributed by atoms with Gasteiger partial charge in [0.15, 0.2) is 0 Å². The van der Waals surface area contributed by atoms with Crippen molar-refractivity contribution in [3.05, 3.63) is 28.0 Å². The van der Waals surface area contributed by atoms with E-state index in [4.69, 9.17) is 23.2 Å². The Morgan fingerprint density at radius 1 is 1.53 bits per heavy atom. The average Bonchev–Trinajstić information content (AvgIpc) is 2.82. The molecule has 6 heteroatoms. The fourth-order valence-corrected chi connectivity index (χ4v) is 2.66. The summed E-state index contributed by atoms with van der Waals surface area (Å²) in [6.07, 6.45) is 2.54. The molecule has 1 fully saturated rings. The van der Waals surface area contributed by atoms with Crippen molar-refractivity contribution in [1.29, 1.82) is 0 Å². The van der Waals surface area contributed by atoms with Crippen LogP contribution in [0.25, 0.3) is 0 Å². The lowest BCUT2D eigenvalue weighted by Gasteiger charge is -2.18. The maximum Gasteiger partial charge on any atom is 0.226 e. The first-order valence-electron chi connectivity index (χ1n) is 6.21. The van der Waals surface area contributed by atoms with E-state index in [0.29, 0.717) is 16.6 Å². The quantitative estimate of drug-likeness (QED) is 0.859. The van der Waals surface area contributed by atoms with Crippen LogP contribution in [0.5, 0.6) is 0 Å². The summed E-state index contributed by atoms with van der Waals surface area (Å²) in [6.45, 7) is 2.27. The summed E-state index contributed by atoms with van der Waals surface area (Å²) in [5.41, 5.74) is 0.770. The van der Waals surface area contributed by atoms with Gasteiger partial charge in [-0.15, -0.1) is 0 Å². The first kappa shape index (κ1) is 14.6. The standard InChI is InChI=1S/C13H17Cl2N3O/c1-17(2)13(19)9-4-6-18(7-9)8-11-12(15)10(14)3-5-16-11/h3,5,9H,4,6-8H2,1-2H3. The normalized spacial score (nSPS) is 19.7. The summed E-state index contributed by atoms with van der Waals surface area (Å²) >= 11 is 12.1. The molecule has 19 heavy (non-hydrogen) atoms. The number of hydrogen-bond donors (Lipinski definition) is 0. The van der Waals surface area contributed by atoms with Gasteiger partial charge in [-0.1, -0.05) is 23.2 Å². The lowest BCUT2D eigenvalue weighted by molar-refractivity contribution is -0.132. The summed E-state index contributed by atoms with van der Waals surface area (Å²) in [4.78, 5) is 20.0. The molecule has 104 valence electrons. The largest absolute Gasteiger partial charge is 0.349 e. The number of carbonyl (C=O) groups excluding carboxylic acids is 1. The van der Waals surface area contributed by atoms with Crippen LogP contribution in [0.2, 0.25) is 10.0 Å². The van der Waals surface area contributed by atoms with Gasteiger partial charge in [0.2, 0.25) is 5.91 Å². The smallest absolute Gasteiger partial charge is 0.226 e. The van der Waals surface area contributed by atoms with Crippen molar-refractivity contribution < 1.29 is 4.79 Å². The van der Waals surface area contributed by atoms with Crippen LogP contribution in [0.1, 0.15) is 12.1 Å². The van der Waals surface area contributed by atoms with E-state index < -0.39 is 0 Å². The number of nitrogens with zero attached hydrogens (tertiary/aromatic N) is 3. The molecule has 1 aliphatic rings. The third-order valence-corrected chi connectivity index (χ3v) is 4.18. The van der Waals surface area contributed by atoms with E-state index in [1.165, 1.54) is 0 Å². The minimum atomic E-state index is 0.0768. The molecule has 1 atom stereocenters. The molecule has 0 spiro atoms. The van der Waals surface area contributed by atoms with Crippen molar-refractivity contribution in [2.24, 2.45) is 5.92 Å². The highest BCUT2D eigenvalue weighted by atomic mass is 35.5. The molecule has 0 saturated carbocycles. The van der Waals surface area contributed by atoms with Crippen molar-refractivity contribution in [1.82, 2.24) is 14.8 Å². The first-order chi connectivity index (χ1) is 8.99. The Labute approximate surface area is 123 Å². The number of likely N-dealkylation sites (tertiary alicyclic amines) is 1. The highest BCUT2D eigenvalue weighted by Crippen LogP contribution is 2.26. The Kier molecular flexibility index (Phi) is 4.66. The van der Waals surface area contributed by atoms with Crippen molar-refractivity contribution in [3.63, 3.8) is 0 Å². The molecule has 0 aliphatic carbocycles.